The molecule has 17 heavy (non-hydrogen) atoms. The van der Waals surface area contributed by atoms with Crippen LogP contribution in [-0.4, -0.2) is 36.1 Å². The third-order valence-corrected chi connectivity index (χ3v) is 3.57. The van der Waals surface area contributed by atoms with Gasteiger partial charge in [0.25, 0.3) is 0 Å². The first-order valence-corrected chi connectivity index (χ1v) is 7.06. The fourth-order valence-electron chi connectivity index (χ4n) is 2.68. The smallest absolute Gasteiger partial charge is 0.320 e. The van der Waals surface area contributed by atoms with Gasteiger partial charge in [0.1, 0.15) is 0 Å². The quantitative estimate of drug-likeness (QED) is 0.547. The molecule has 0 bridgehead atoms. The van der Waals surface area contributed by atoms with Crippen LogP contribution in [0.4, 0.5) is 0 Å². The maximum absolute atomic E-state index is 11.6. The molecule has 0 radical (unpaired) electrons. The van der Waals surface area contributed by atoms with Gasteiger partial charge in [-0.15, -0.1) is 0 Å². The Balaban J connectivity index is 2.53. The topological polar surface area (TPSA) is 29.5 Å². The zero-order valence-corrected chi connectivity index (χ0v) is 11.6. The Bertz CT molecular complexity index is 220. The molecule has 0 heterocycles. The second-order valence-corrected chi connectivity index (χ2v) is 5.22. The second kappa shape index (κ2) is 7.70. The fraction of sp³-hybridized carbons (Fsp3) is 0.929. The predicted molar refractivity (Wildman–Crippen MR) is 70.0 cm³/mol. The van der Waals surface area contributed by atoms with Gasteiger partial charge in [0.05, 0.1) is 13.2 Å². The summed E-state index contributed by atoms with van der Waals surface area (Å²) in [6, 6.07) is 0.990. The summed E-state index contributed by atoms with van der Waals surface area (Å²) < 4.78 is 5.06. The van der Waals surface area contributed by atoms with Gasteiger partial charge in [-0.25, -0.2) is 0 Å². The molecular formula is C14H27NO2. The minimum absolute atomic E-state index is 0.0783. The molecule has 0 unspecified atom stereocenters. The summed E-state index contributed by atoms with van der Waals surface area (Å²) in [6.45, 7) is 7.14. The van der Waals surface area contributed by atoms with Gasteiger partial charge in [0.15, 0.2) is 0 Å². The standard InChI is InChI=1S/C14H27NO2/c1-4-17-14(16)11-15(12(2)3)13-9-7-5-6-8-10-13/h12-13H,4-11H2,1-3H3. The van der Waals surface area contributed by atoms with Crippen molar-refractivity contribution in [3.63, 3.8) is 0 Å². The van der Waals surface area contributed by atoms with Gasteiger partial charge < -0.3 is 4.74 Å². The molecule has 0 aromatic carbocycles. The van der Waals surface area contributed by atoms with E-state index in [-0.39, 0.29) is 5.97 Å². The molecule has 1 aliphatic rings. The van der Waals surface area contributed by atoms with E-state index in [9.17, 15) is 4.79 Å². The lowest BCUT2D eigenvalue weighted by atomic mass is 10.1. The summed E-state index contributed by atoms with van der Waals surface area (Å²) >= 11 is 0. The summed E-state index contributed by atoms with van der Waals surface area (Å²) in [5, 5.41) is 0. The van der Waals surface area contributed by atoms with Gasteiger partial charge in [-0.05, 0) is 33.6 Å². The van der Waals surface area contributed by atoms with Crippen LogP contribution < -0.4 is 0 Å². The van der Waals surface area contributed by atoms with Crippen molar-refractivity contribution in [2.24, 2.45) is 0 Å². The molecule has 3 heteroatoms. The lowest BCUT2D eigenvalue weighted by molar-refractivity contribution is -0.145. The van der Waals surface area contributed by atoms with Gasteiger partial charge in [0, 0.05) is 12.1 Å². The normalized spacial score (nSPS) is 18.4. The molecule has 1 fully saturated rings. The zero-order chi connectivity index (χ0) is 12.7. The Morgan fingerprint density at radius 1 is 1.24 bits per heavy atom. The van der Waals surface area contributed by atoms with Crippen LogP contribution in [0.5, 0.6) is 0 Å². The highest BCUT2D eigenvalue weighted by Crippen LogP contribution is 2.23. The predicted octanol–water partition coefficient (Wildman–Crippen LogP) is 2.98. The molecule has 1 aliphatic carbocycles. The highest BCUT2D eigenvalue weighted by molar-refractivity contribution is 5.71. The molecule has 0 aromatic heterocycles. The average Bonchev–Trinajstić information content (AvgIpc) is 2.54. The van der Waals surface area contributed by atoms with Gasteiger partial charge in [-0.1, -0.05) is 25.7 Å². The molecule has 0 aliphatic heterocycles. The molecule has 100 valence electrons. The third kappa shape index (κ3) is 5.07. The SMILES string of the molecule is CCOC(=O)CN(C(C)C)C1CCCCCC1. The Morgan fingerprint density at radius 3 is 2.29 bits per heavy atom. The highest BCUT2D eigenvalue weighted by atomic mass is 16.5. The number of hydrogen-bond donors (Lipinski definition) is 0. The summed E-state index contributed by atoms with van der Waals surface area (Å²) in [4.78, 5) is 13.9. The molecule has 1 saturated carbocycles. The molecule has 0 aromatic rings. The van der Waals surface area contributed by atoms with E-state index in [0.29, 0.717) is 25.2 Å². The number of esters is 1. The van der Waals surface area contributed by atoms with Crippen LogP contribution in [0.25, 0.3) is 0 Å². The first-order valence-electron chi connectivity index (χ1n) is 7.06. The van der Waals surface area contributed by atoms with Gasteiger partial charge >= 0.3 is 5.97 Å². The summed E-state index contributed by atoms with van der Waals surface area (Å²) in [7, 11) is 0. The Labute approximate surface area is 106 Å². The van der Waals surface area contributed by atoms with Gasteiger partial charge in [-0.3, -0.25) is 9.69 Å². The molecule has 1 rings (SSSR count). The van der Waals surface area contributed by atoms with E-state index < -0.39 is 0 Å². The van der Waals surface area contributed by atoms with Crippen molar-refractivity contribution in [3.05, 3.63) is 0 Å². The Morgan fingerprint density at radius 2 is 1.82 bits per heavy atom. The van der Waals surface area contributed by atoms with Crippen molar-refractivity contribution >= 4 is 5.97 Å². The summed E-state index contributed by atoms with van der Waals surface area (Å²) in [5.41, 5.74) is 0. The highest BCUT2D eigenvalue weighted by Gasteiger charge is 2.24. The van der Waals surface area contributed by atoms with E-state index in [1.165, 1.54) is 38.5 Å². The lowest BCUT2D eigenvalue weighted by Gasteiger charge is -2.33. The van der Waals surface area contributed by atoms with Crippen LogP contribution >= 0.6 is 0 Å². The van der Waals surface area contributed by atoms with E-state index in [2.05, 4.69) is 18.7 Å². The molecule has 0 N–H and O–H groups in total. The molecule has 0 saturated heterocycles. The number of carbonyl (C=O) groups excluding carboxylic acids is 1. The summed E-state index contributed by atoms with van der Waals surface area (Å²) in [6.07, 6.45) is 7.77. The van der Waals surface area contributed by atoms with Crippen LogP contribution in [0, 0.1) is 0 Å². The number of ether oxygens (including phenoxy) is 1. The van der Waals surface area contributed by atoms with Gasteiger partial charge in [-0.2, -0.15) is 0 Å². The van der Waals surface area contributed by atoms with Crippen LogP contribution in [0.15, 0.2) is 0 Å². The second-order valence-electron chi connectivity index (χ2n) is 5.22. The van der Waals surface area contributed by atoms with Crippen LogP contribution in [0.1, 0.15) is 59.3 Å². The van der Waals surface area contributed by atoms with Crippen molar-refractivity contribution in [3.8, 4) is 0 Å². The van der Waals surface area contributed by atoms with E-state index in [1.807, 2.05) is 6.92 Å². The maximum atomic E-state index is 11.6. The Hall–Kier alpha value is -0.570. The van der Waals surface area contributed by atoms with Crippen molar-refractivity contribution in [2.75, 3.05) is 13.2 Å². The lowest BCUT2D eigenvalue weighted by Crippen LogP contribution is -2.43. The van der Waals surface area contributed by atoms with Crippen LogP contribution in [0.2, 0.25) is 0 Å². The molecule has 0 amide bonds. The maximum Gasteiger partial charge on any atom is 0.320 e. The Kier molecular flexibility index (Phi) is 6.56. The number of rotatable bonds is 5. The van der Waals surface area contributed by atoms with Crippen LogP contribution in [-0.2, 0) is 9.53 Å². The van der Waals surface area contributed by atoms with Crippen molar-refractivity contribution < 1.29 is 9.53 Å². The monoisotopic (exact) mass is 241 g/mol. The number of nitrogens with zero attached hydrogens (tertiary/aromatic N) is 1. The largest absolute Gasteiger partial charge is 0.465 e. The zero-order valence-electron chi connectivity index (χ0n) is 11.6. The van der Waals surface area contributed by atoms with Gasteiger partial charge in [0.2, 0.25) is 0 Å². The fourth-order valence-corrected chi connectivity index (χ4v) is 2.68. The molecule has 0 spiro atoms. The first-order chi connectivity index (χ1) is 8.15. The summed E-state index contributed by atoms with van der Waals surface area (Å²) in [5.74, 6) is -0.0783. The van der Waals surface area contributed by atoms with Crippen molar-refractivity contribution in [2.45, 2.75) is 71.4 Å². The molecular weight excluding hydrogens is 214 g/mol. The minimum Gasteiger partial charge on any atom is -0.465 e. The third-order valence-electron chi connectivity index (χ3n) is 3.57. The van der Waals surface area contributed by atoms with E-state index >= 15 is 0 Å². The van der Waals surface area contributed by atoms with E-state index in [4.69, 9.17) is 4.74 Å². The first kappa shape index (κ1) is 14.5. The molecule has 0 atom stereocenters. The van der Waals surface area contributed by atoms with E-state index in [0.717, 1.165) is 0 Å². The number of hydrogen-bond acceptors (Lipinski definition) is 3. The molecule has 3 nitrogen and oxygen atoms in total. The average molecular weight is 241 g/mol. The van der Waals surface area contributed by atoms with Crippen molar-refractivity contribution in [1.82, 2.24) is 4.90 Å². The number of carbonyl (C=O) groups is 1. The van der Waals surface area contributed by atoms with E-state index in [1.54, 1.807) is 0 Å². The van der Waals surface area contributed by atoms with Crippen molar-refractivity contribution in [1.29, 1.82) is 0 Å². The van der Waals surface area contributed by atoms with Crippen LogP contribution in [0.3, 0.4) is 0 Å². The minimum atomic E-state index is -0.0783.